The molecule has 0 radical (unpaired) electrons. The molecular formula is C15H26FNO. The van der Waals surface area contributed by atoms with Crippen molar-refractivity contribution in [2.45, 2.75) is 47.0 Å². The molecule has 2 unspecified atom stereocenters. The summed E-state index contributed by atoms with van der Waals surface area (Å²) >= 11 is 0. The van der Waals surface area contributed by atoms with Gasteiger partial charge in [0.05, 0.1) is 0 Å². The smallest absolute Gasteiger partial charge is 0.281 e. The largest absolute Gasteiger partial charge is 0.336 e. The summed E-state index contributed by atoms with van der Waals surface area (Å²) in [6.45, 7) is 13.3. The number of carbonyl (C=O) groups excluding carboxylic acids is 1. The number of hydrogen-bond acceptors (Lipinski definition) is 1. The molecule has 0 aromatic rings. The average Bonchev–Trinajstić information content (AvgIpc) is 2.36. The second-order valence-electron chi connectivity index (χ2n) is 5.98. The fraction of sp³-hybridized carbons (Fsp3) is 0.800. The number of hydrogen-bond donors (Lipinski definition) is 0. The van der Waals surface area contributed by atoms with E-state index in [1.165, 1.54) is 0 Å². The van der Waals surface area contributed by atoms with Crippen LogP contribution in [0.25, 0.3) is 0 Å². The van der Waals surface area contributed by atoms with E-state index in [4.69, 9.17) is 0 Å². The first-order chi connectivity index (χ1) is 8.34. The lowest BCUT2D eigenvalue weighted by Gasteiger charge is -2.47. The van der Waals surface area contributed by atoms with Crippen LogP contribution in [-0.2, 0) is 4.79 Å². The highest BCUT2D eigenvalue weighted by molar-refractivity contribution is 5.90. The van der Waals surface area contributed by atoms with Gasteiger partial charge in [-0.25, -0.2) is 4.39 Å². The molecule has 1 aliphatic heterocycles. The van der Waals surface area contributed by atoms with E-state index in [9.17, 15) is 9.18 Å². The van der Waals surface area contributed by atoms with Crippen LogP contribution in [0.4, 0.5) is 4.39 Å². The fourth-order valence-corrected chi connectivity index (χ4v) is 3.19. The van der Waals surface area contributed by atoms with Crippen molar-refractivity contribution in [3.05, 3.63) is 12.4 Å². The summed E-state index contributed by atoms with van der Waals surface area (Å²) in [4.78, 5) is 13.4. The van der Waals surface area contributed by atoms with Crippen LogP contribution < -0.4 is 0 Å². The van der Waals surface area contributed by atoms with Crippen LogP contribution in [0.2, 0.25) is 0 Å². The van der Waals surface area contributed by atoms with Gasteiger partial charge < -0.3 is 4.90 Å². The van der Waals surface area contributed by atoms with Crippen molar-refractivity contribution in [1.29, 1.82) is 0 Å². The maximum absolute atomic E-state index is 13.0. The first-order valence-electron chi connectivity index (χ1n) is 6.97. The third-order valence-electron chi connectivity index (χ3n) is 4.80. The molecule has 0 N–H and O–H groups in total. The molecular weight excluding hydrogens is 229 g/mol. The molecule has 0 aromatic heterocycles. The number of carbonyl (C=O) groups is 1. The highest BCUT2D eigenvalue weighted by Gasteiger charge is 2.41. The lowest BCUT2D eigenvalue weighted by atomic mass is 9.65. The maximum Gasteiger partial charge on any atom is 0.281 e. The van der Waals surface area contributed by atoms with E-state index < -0.39 is 11.7 Å². The van der Waals surface area contributed by atoms with Gasteiger partial charge in [-0.3, -0.25) is 4.79 Å². The molecule has 104 valence electrons. The van der Waals surface area contributed by atoms with E-state index in [-0.39, 0.29) is 5.41 Å². The van der Waals surface area contributed by atoms with E-state index in [1.54, 1.807) is 4.90 Å². The average molecular weight is 255 g/mol. The van der Waals surface area contributed by atoms with Gasteiger partial charge in [0.2, 0.25) is 0 Å². The van der Waals surface area contributed by atoms with Crippen LogP contribution in [0, 0.1) is 17.3 Å². The summed E-state index contributed by atoms with van der Waals surface area (Å²) in [7, 11) is 0. The monoisotopic (exact) mass is 255 g/mol. The van der Waals surface area contributed by atoms with Crippen LogP contribution >= 0.6 is 0 Å². The van der Waals surface area contributed by atoms with Crippen LogP contribution in [0.5, 0.6) is 0 Å². The highest BCUT2D eigenvalue weighted by Crippen LogP contribution is 2.43. The lowest BCUT2D eigenvalue weighted by molar-refractivity contribution is -0.133. The Balaban J connectivity index is 2.88. The van der Waals surface area contributed by atoms with Gasteiger partial charge in [-0.05, 0) is 36.5 Å². The van der Waals surface area contributed by atoms with Crippen LogP contribution in [-0.4, -0.2) is 23.9 Å². The van der Waals surface area contributed by atoms with Gasteiger partial charge in [-0.1, -0.05) is 34.3 Å². The molecule has 2 nitrogen and oxygen atoms in total. The Labute approximate surface area is 110 Å². The number of piperidine rings is 1. The standard InChI is InChI=1S/C15H26FNO/c1-6-15(12(4)11(2)3)8-7-9-17(10-15)14(18)13(5)16/h11-12H,5-10H2,1-4H3. The molecule has 1 fully saturated rings. The van der Waals surface area contributed by atoms with E-state index in [0.717, 1.165) is 19.3 Å². The predicted molar refractivity (Wildman–Crippen MR) is 72.8 cm³/mol. The number of likely N-dealkylation sites (tertiary alicyclic amines) is 1. The molecule has 1 saturated heterocycles. The summed E-state index contributed by atoms with van der Waals surface area (Å²) in [5.74, 6) is -0.248. The van der Waals surface area contributed by atoms with Crippen molar-refractivity contribution in [3.8, 4) is 0 Å². The highest BCUT2D eigenvalue weighted by atomic mass is 19.1. The van der Waals surface area contributed by atoms with Gasteiger partial charge in [0, 0.05) is 13.1 Å². The Morgan fingerprint density at radius 3 is 2.50 bits per heavy atom. The van der Waals surface area contributed by atoms with Gasteiger partial charge in [-0.15, -0.1) is 0 Å². The zero-order valence-corrected chi connectivity index (χ0v) is 12.1. The minimum Gasteiger partial charge on any atom is -0.336 e. The minimum absolute atomic E-state index is 0.136. The summed E-state index contributed by atoms with van der Waals surface area (Å²) in [6, 6.07) is 0. The molecule has 0 aliphatic carbocycles. The zero-order chi connectivity index (χ0) is 13.9. The molecule has 1 aliphatic rings. The molecule has 0 aromatic carbocycles. The van der Waals surface area contributed by atoms with E-state index in [0.29, 0.717) is 24.9 Å². The summed E-state index contributed by atoms with van der Waals surface area (Å²) in [5, 5.41) is 0. The first-order valence-corrected chi connectivity index (χ1v) is 6.97. The Morgan fingerprint density at radius 1 is 1.44 bits per heavy atom. The topological polar surface area (TPSA) is 20.3 Å². The number of halogens is 1. The molecule has 3 heteroatoms. The maximum atomic E-state index is 13.0. The number of rotatable bonds is 4. The van der Waals surface area contributed by atoms with Gasteiger partial charge in [0.25, 0.3) is 5.91 Å². The molecule has 1 rings (SSSR count). The molecule has 0 bridgehead atoms. The molecule has 1 amide bonds. The molecule has 0 saturated carbocycles. The summed E-state index contributed by atoms with van der Waals surface area (Å²) < 4.78 is 13.0. The van der Waals surface area contributed by atoms with Gasteiger partial charge >= 0.3 is 0 Å². The first kappa shape index (κ1) is 15.2. The lowest BCUT2D eigenvalue weighted by Crippen LogP contribution is -2.49. The van der Waals surface area contributed by atoms with E-state index in [1.807, 2.05) is 0 Å². The fourth-order valence-electron chi connectivity index (χ4n) is 3.19. The SMILES string of the molecule is C=C(F)C(=O)N1CCCC(CC)(C(C)C(C)C)C1. The van der Waals surface area contributed by atoms with Crippen molar-refractivity contribution < 1.29 is 9.18 Å². The zero-order valence-electron chi connectivity index (χ0n) is 12.1. The van der Waals surface area contributed by atoms with Crippen LogP contribution in [0.3, 0.4) is 0 Å². The normalized spacial score (nSPS) is 26.2. The Bertz CT molecular complexity index is 326. The predicted octanol–water partition coefficient (Wildman–Crippen LogP) is 3.78. The van der Waals surface area contributed by atoms with Crippen molar-refractivity contribution in [2.75, 3.05) is 13.1 Å². The number of amides is 1. The Morgan fingerprint density at radius 2 is 2.06 bits per heavy atom. The summed E-state index contributed by atoms with van der Waals surface area (Å²) in [6.07, 6.45) is 3.13. The molecule has 0 spiro atoms. The molecule has 2 atom stereocenters. The van der Waals surface area contributed by atoms with Crippen molar-refractivity contribution in [2.24, 2.45) is 17.3 Å². The van der Waals surface area contributed by atoms with Gasteiger partial charge in [0.1, 0.15) is 0 Å². The van der Waals surface area contributed by atoms with Gasteiger partial charge in [-0.2, -0.15) is 0 Å². The Kier molecular flexibility index (Phi) is 4.94. The third-order valence-corrected chi connectivity index (χ3v) is 4.80. The second-order valence-corrected chi connectivity index (χ2v) is 5.98. The second kappa shape index (κ2) is 5.85. The van der Waals surface area contributed by atoms with Crippen molar-refractivity contribution in [1.82, 2.24) is 4.90 Å². The molecule has 18 heavy (non-hydrogen) atoms. The Hall–Kier alpha value is -0.860. The van der Waals surface area contributed by atoms with Crippen LogP contribution in [0.15, 0.2) is 12.4 Å². The summed E-state index contributed by atoms with van der Waals surface area (Å²) in [5.41, 5.74) is 0.136. The quantitative estimate of drug-likeness (QED) is 0.700. The van der Waals surface area contributed by atoms with Crippen LogP contribution in [0.1, 0.15) is 47.0 Å². The minimum atomic E-state index is -0.834. The van der Waals surface area contributed by atoms with E-state index in [2.05, 4.69) is 34.3 Å². The third kappa shape index (κ3) is 2.93. The van der Waals surface area contributed by atoms with Gasteiger partial charge in [0.15, 0.2) is 5.83 Å². The number of nitrogens with zero attached hydrogens (tertiary/aromatic N) is 1. The molecule has 1 heterocycles. The van der Waals surface area contributed by atoms with E-state index >= 15 is 0 Å². The van der Waals surface area contributed by atoms with Crippen molar-refractivity contribution >= 4 is 5.91 Å². The van der Waals surface area contributed by atoms with Crippen molar-refractivity contribution in [3.63, 3.8) is 0 Å².